The first-order valence-electron chi connectivity index (χ1n) is 8.81. The lowest BCUT2D eigenvalue weighted by molar-refractivity contribution is -0.133. The van der Waals surface area contributed by atoms with E-state index in [0.717, 1.165) is 18.5 Å². The van der Waals surface area contributed by atoms with Crippen LogP contribution in [0.15, 0.2) is 48.5 Å². The van der Waals surface area contributed by atoms with Crippen LogP contribution in [0.5, 0.6) is 5.75 Å². The molecule has 2 aliphatic rings. The largest absolute Gasteiger partial charge is 0.426 e. The summed E-state index contributed by atoms with van der Waals surface area (Å²) in [6, 6.07) is 15.8. The van der Waals surface area contributed by atoms with Crippen LogP contribution in [0.3, 0.4) is 0 Å². The van der Waals surface area contributed by atoms with Gasteiger partial charge in [-0.1, -0.05) is 37.3 Å². The molecule has 25 heavy (non-hydrogen) atoms. The van der Waals surface area contributed by atoms with Crippen LogP contribution < -0.4 is 9.64 Å². The Labute approximate surface area is 149 Å². The van der Waals surface area contributed by atoms with E-state index in [0.29, 0.717) is 18.3 Å². The fourth-order valence-electron chi connectivity index (χ4n) is 4.55. The third kappa shape index (κ3) is 2.61. The lowest BCUT2D eigenvalue weighted by Gasteiger charge is -2.32. The monoisotopic (exact) mass is 336 g/mol. The molecular weight excluding hydrogens is 312 g/mol. The molecule has 1 fully saturated rings. The Balaban J connectivity index is 1.56. The van der Waals surface area contributed by atoms with Crippen LogP contribution in [0.2, 0.25) is 0 Å². The summed E-state index contributed by atoms with van der Waals surface area (Å²) in [7, 11) is 4.33. The van der Waals surface area contributed by atoms with Gasteiger partial charge in [0.15, 0.2) is 0 Å². The maximum atomic E-state index is 12.3. The van der Waals surface area contributed by atoms with Gasteiger partial charge in [0.05, 0.1) is 12.6 Å². The Hall–Kier alpha value is -2.33. The number of fused-ring (bicyclic) bond motifs is 3. The Bertz CT molecular complexity index is 805. The van der Waals surface area contributed by atoms with Crippen molar-refractivity contribution in [3.8, 4) is 5.75 Å². The number of likely N-dealkylation sites (N-methyl/N-ethyl adjacent to an activating group) is 2. The molecule has 0 N–H and O–H groups in total. The van der Waals surface area contributed by atoms with Gasteiger partial charge < -0.3 is 9.64 Å². The van der Waals surface area contributed by atoms with Crippen LogP contribution in [-0.4, -0.2) is 37.7 Å². The highest BCUT2D eigenvalue weighted by molar-refractivity contribution is 5.76. The molecule has 4 heteroatoms. The number of esters is 1. The van der Waals surface area contributed by atoms with Gasteiger partial charge >= 0.3 is 5.97 Å². The van der Waals surface area contributed by atoms with E-state index in [1.54, 1.807) is 0 Å². The number of hydrogen-bond acceptors (Lipinski definition) is 4. The number of anilines is 1. The predicted molar refractivity (Wildman–Crippen MR) is 99.0 cm³/mol. The van der Waals surface area contributed by atoms with Crippen molar-refractivity contribution >= 4 is 11.7 Å². The topological polar surface area (TPSA) is 32.8 Å². The zero-order valence-electron chi connectivity index (χ0n) is 15.0. The number of rotatable bonds is 3. The molecule has 0 radical (unpaired) electrons. The fourth-order valence-corrected chi connectivity index (χ4v) is 4.55. The fraction of sp³-hybridized carbons (Fsp3) is 0.381. The van der Waals surface area contributed by atoms with E-state index >= 15 is 0 Å². The summed E-state index contributed by atoms with van der Waals surface area (Å²) < 4.78 is 5.63. The minimum Gasteiger partial charge on any atom is -0.426 e. The Morgan fingerprint density at radius 3 is 2.72 bits per heavy atom. The molecule has 2 aromatic carbocycles. The quantitative estimate of drug-likeness (QED) is 0.636. The number of carbonyl (C=O) groups excluding carboxylic acids is 1. The predicted octanol–water partition coefficient (Wildman–Crippen LogP) is 3.20. The van der Waals surface area contributed by atoms with E-state index in [4.69, 9.17) is 4.74 Å². The summed E-state index contributed by atoms with van der Waals surface area (Å²) in [5, 5.41) is 0. The summed E-state index contributed by atoms with van der Waals surface area (Å²) in [5.41, 5.74) is 3.58. The average Bonchev–Trinajstić information content (AvgIpc) is 3.01. The van der Waals surface area contributed by atoms with Crippen LogP contribution in [0.1, 0.15) is 24.5 Å². The van der Waals surface area contributed by atoms with E-state index in [1.165, 1.54) is 11.3 Å². The van der Waals surface area contributed by atoms with Gasteiger partial charge in [-0.05, 0) is 42.8 Å². The normalized spacial score (nSPS) is 24.9. The molecular formula is C21H24N2O2. The van der Waals surface area contributed by atoms with Crippen molar-refractivity contribution < 1.29 is 9.53 Å². The van der Waals surface area contributed by atoms with E-state index in [-0.39, 0.29) is 11.4 Å². The third-order valence-corrected chi connectivity index (χ3v) is 5.72. The summed E-state index contributed by atoms with van der Waals surface area (Å²) in [5.74, 6) is 0.423. The van der Waals surface area contributed by atoms with Gasteiger partial charge in [0.2, 0.25) is 0 Å². The highest BCUT2D eigenvalue weighted by atomic mass is 16.5. The van der Waals surface area contributed by atoms with Crippen molar-refractivity contribution in [1.82, 2.24) is 4.90 Å². The van der Waals surface area contributed by atoms with Crippen molar-refractivity contribution in [2.24, 2.45) is 0 Å². The Kier molecular flexibility index (Phi) is 3.80. The SMILES string of the molecule is CN1CC[C@@]2(C)c3cc(OC(=O)Cc4ccccc4)ccc3N(C)[C@@H]12. The summed E-state index contributed by atoms with van der Waals surface area (Å²) in [6.07, 6.45) is 1.78. The zero-order chi connectivity index (χ0) is 17.6. The lowest BCUT2D eigenvalue weighted by Crippen LogP contribution is -2.45. The molecule has 0 aromatic heterocycles. The molecule has 0 bridgehead atoms. The molecule has 4 rings (SSSR count). The van der Waals surface area contributed by atoms with E-state index in [2.05, 4.69) is 43.0 Å². The first-order valence-corrected chi connectivity index (χ1v) is 8.81. The van der Waals surface area contributed by atoms with Crippen LogP contribution >= 0.6 is 0 Å². The second-order valence-corrected chi connectivity index (χ2v) is 7.45. The number of likely N-dealkylation sites (tertiary alicyclic amines) is 1. The minimum absolute atomic E-state index is 0.0840. The molecule has 2 heterocycles. The summed E-state index contributed by atoms with van der Waals surface area (Å²) in [4.78, 5) is 17.0. The van der Waals surface area contributed by atoms with Crippen molar-refractivity contribution in [3.63, 3.8) is 0 Å². The summed E-state index contributed by atoms with van der Waals surface area (Å²) >= 11 is 0. The zero-order valence-corrected chi connectivity index (χ0v) is 15.0. The highest BCUT2D eigenvalue weighted by Crippen LogP contribution is 2.51. The van der Waals surface area contributed by atoms with Gasteiger partial charge in [0.25, 0.3) is 0 Å². The number of carbonyl (C=O) groups is 1. The molecule has 0 unspecified atom stereocenters. The molecule has 2 aromatic rings. The molecule has 0 spiro atoms. The van der Waals surface area contributed by atoms with Crippen molar-refractivity contribution in [2.45, 2.75) is 31.3 Å². The second-order valence-electron chi connectivity index (χ2n) is 7.45. The second kappa shape index (κ2) is 5.88. The smallest absolute Gasteiger partial charge is 0.315 e. The van der Waals surface area contributed by atoms with Crippen molar-refractivity contribution in [3.05, 3.63) is 59.7 Å². The van der Waals surface area contributed by atoms with Crippen LogP contribution in [-0.2, 0) is 16.6 Å². The van der Waals surface area contributed by atoms with E-state index in [1.807, 2.05) is 36.4 Å². The molecule has 2 aliphatic heterocycles. The van der Waals surface area contributed by atoms with Crippen LogP contribution in [0.4, 0.5) is 5.69 Å². The molecule has 2 atom stereocenters. The molecule has 0 saturated carbocycles. The first-order chi connectivity index (χ1) is 12.0. The van der Waals surface area contributed by atoms with Gasteiger partial charge in [-0.3, -0.25) is 9.69 Å². The number of ether oxygens (including phenoxy) is 1. The molecule has 4 nitrogen and oxygen atoms in total. The standard InChI is InChI=1S/C21H24N2O2/c1-21-11-12-22(2)20(21)23(3)18-10-9-16(14-17(18)21)25-19(24)13-15-7-5-4-6-8-15/h4-10,14,20H,11-13H2,1-3H3/t20-,21+/m1/s1. The Morgan fingerprint density at radius 2 is 1.96 bits per heavy atom. The number of nitrogens with zero attached hydrogens (tertiary/aromatic N) is 2. The molecule has 1 saturated heterocycles. The van der Waals surface area contributed by atoms with Crippen LogP contribution in [0, 0.1) is 0 Å². The van der Waals surface area contributed by atoms with Gasteiger partial charge in [-0.2, -0.15) is 0 Å². The number of benzene rings is 2. The van der Waals surface area contributed by atoms with Crippen molar-refractivity contribution in [2.75, 3.05) is 25.5 Å². The minimum atomic E-state index is -0.220. The first kappa shape index (κ1) is 16.2. The van der Waals surface area contributed by atoms with Gasteiger partial charge in [0.1, 0.15) is 5.75 Å². The molecule has 0 amide bonds. The number of hydrogen-bond donors (Lipinski definition) is 0. The summed E-state index contributed by atoms with van der Waals surface area (Å²) in [6.45, 7) is 3.40. The lowest BCUT2D eigenvalue weighted by atomic mass is 9.81. The van der Waals surface area contributed by atoms with E-state index < -0.39 is 0 Å². The van der Waals surface area contributed by atoms with Gasteiger partial charge in [-0.15, -0.1) is 0 Å². The molecule has 130 valence electrons. The van der Waals surface area contributed by atoms with Crippen molar-refractivity contribution in [1.29, 1.82) is 0 Å². The van der Waals surface area contributed by atoms with Crippen LogP contribution in [0.25, 0.3) is 0 Å². The van der Waals surface area contributed by atoms with Gasteiger partial charge in [0, 0.05) is 24.7 Å². The molecule has 0 aliphatic carbocycles. The van der Waals surface area contributed by atoms with E-state index in [9.17, 15) is 4.79 Å². The highest BCUT2D eigenvalue weighted by Gasteiger charge is 2.52. The average molecular weight is 336 g/mol. The maximum Gasteiger partial charge on any atom is 0.315 e. The third-order valence-electron chi connectivity index (χ3n) is 5.72. The maximum absolute atomic E-state index is 12.3. The Morgan fingerprint density at radius 1 is 1.20 bits per heavy atom. The van der Waals surface area contributed by atoms with Gasteiger partial charge in [-0.25, -0.2) is 0 Å².